The van der Waals surface area contributed by atoms with Gasteiger partial charge in [-0.1, -0.05) is 12.1 Å². The molecule has 0 aliphatic rings. The Kier molecular flexibility index (Phi) is 2.48. The van der Waals surface area contributed by atoms with Crippen molar-refractivity contribution in [2.24, 2.45) is 0 Å². The highest BCUT2D eigenvalue weighted by atomic mass is 15.1. The molecule has 3 aromatic rings. The Labute approximate surface area is 106 Å². The van der Waals surface area contributed by atoms with Crippen LogP contribution in [0.1, 0.15) is 0 Å². The van der Waals surface area contributed by atoms with Crippen LogP contribution >= 0.6 is 0 Å². The van der Waals surface area contributed by atoms with E-state index in [4.69, 9.17) is 0 Å². The zero-order valence-corrected chi connectivity index (χ0v) is 10.4. The molecular weight excluding hydrogens is 224 g/mol. The van der Waals surface area contributed by atoms with Crippen LogP contribution in [0.15, 0.2) is 48.9 Å². The SMILES string of the molecule is CN(C)c1ccc(-c2cn3cccnc3n2)cc1. The summed E-state index contributed by atoms with van der Waals surface area (Å²) in [5, 5.41) is 0. The van der Waals surface area contributed by atoms with Gasteiger partial charge >= 0.3 is 0 Å². The van der Waals surface area contributed by atoms with Crippen LogP contribution in [0.5, 0.6) is 0 Å². The molecule has 4 nitrogen and oxygen atoms in total. The summed E-state index contributed by atoms with van der Waals surface area (Å²) in [6.07, 6.45) is 5.70. The molecule has 18 heavy (non-hydrogen) atoms. The largest absolute Gasteiger partial charge is 0.378 e. The molecule has 90 valence electrons. The molecule has 1 aromatic carbocycles. The molecule has 0 N–H and O–H groups in total. The lowest BCUT2D eigenvalue weighted by molar-refractivity contribution is 1.11. The second-order valence-electron chi connectivity index (χ2n) is 4.39. The third kappa shape index (κ3) is 1.82. The first kappa shape index (κ1) is 10.8. The Morgan fingerprint density at radius 1 is 1.11 bits per heavy atom. The lowest BCUT2D eigenvalue weighted by Gasteiger charge is -2.11. The predicted molar refractivity (Wildman–Crippen MR) is 72.8 cm³/mol. The van der Waals surface area contributed by atoms with Gasteiger partial charge in [0.1, 0.15) is 0 Å². The fourth-order valence-corrected chi connectivity index (χ4v) is 1.90. The first-order valence-corrected chi connectivity index (χ1v) is 5.81. The van der Waals surface area contributed by atoms with Gasteiger partial charge in [0, 0.05) is 43.9 Å². The molecule has 4 heteroatoms. The Morgan fingerprint density at radius 2 is 1.89 bits per heavy atom. The molecule has 2 aromatic heterocycles. The molecule has 0 atom stereocenters. The summed E-state index contributed by atoms with van der Waals surface area (Å²) in [7, 11) is 4.06. The maximum atomic E-state index is 4.50. The number of imidazole rings is 1. The fraction of sp³-hybridized carbons (Fsp3) is 0.143. The van der Waals surface area contributed by atoms with Crippen LogP contribution in [-0.2, 0) is 0 Å². The summed E-state index contributed by atoms with van der Waals surface area (Å²) in [6.45, 7) is 0. The minimum absolute atomic E-state index is 0.726. The van der Waals surface area contributed by atoms with Crippen molar-refractivity contribution in [3.8, 4) is 11.3 Å². The Hall–Kier alpha value is -2.36. The van der Waals surface area contributed by atoms with Crippen molar-refractivity contribution in [2.75, 3.05) is 19.0 Å². The van der Waals surface area contributed by atoms with Crippen LogP contribution in [0.3, 0.4) is 0 Å². The van der Waals surface area contributed by atoms with Gasteiger partial charge in [-0.2, -0.15) is 0 Å². The quantitative estimate of drug-likeness (QED) is 0.687. The predicted octanol–water partition coefficient (Wildman–Crippen LogP) is 2.46. The van der Waals surface area contributed by atoms with Gasteiger partial charge in [0.05, 0.1) is 5.69 Å². The van der Waals surface area contributed by atoms with Crippen LogP contribution < -0.4 is 4.90 Å². The summed E-state index contributed by atoms with van der Waals surface area (Å²) in [5.74, 6) is 0.726. The molecule has 0 unspecified atom stereocenters. The van der Waals surface area contributed by atoms with Crippen LogP contribution in [0.25, 0.3) is 17.0 Å². The Balaban J connectivity index is 2.03. The van der Waals surface area contributed by atoms with Gasteiger partial charge in [0.2, 0.25) is 5.78 Å². The van der Waals surface area contributed by atoms with E-state index in [0.29, 0.717) is 0 Å². The summed E-state index contributed by atoms with van der Waals surface area (Å²) in [5.41, 5.74) is 3.23. The molecule has 0 amide bonds. The van der Waals surface area contributed by atoms with Gasteiger partial charge in [0.15, 0.2) is 0 Å². The number of rotatable bonds is 2. The molecule has 0 radical (unpaired) electrons. The average Bonchev–Trinajstić information content (AvgIpc) is 2.82. The monoisotopic (exact) mass is 238 g/mol. The fourth-order valence-electron chi connectivity index (χ4n) is 1.90. The number of fused-ring (bicyclic) bond motifs is 1. The highest BCUT2D eigenvalue weighted by molar-refractivity contribution is 5.64. The Morgan fingerprint density at radius 3 is 2.56 bits per heavy atom. The topological polar surface area (TPSA) is 33.4 Å². The summed E-state index contributed by atoms with van der Waals surface area (Å²) >= 11 is 0. The van der Waals surface area contributed by atoms with E-state index in [9.17, 15) is 0 Å². The third-order valence-electron chi connectivity index (χ3n) is 2.91. The van der Waals surface area contributed by atoms with E-state index in [1.807, 2.05) is 37.0 Å². The van der Waals surface area contributed by atoms with Crippen molar-refractivity contribution in [2.45, 2.75) is 0 Å². The number of hydrogen-bond acceptors (Lipinski definition) is 3. The maximum absolute atomic E-state index is 4.50. The van der Waals surface area contributed by atoms with Crippen molar-refractivity contribution in [1.29, 1.82) is 0 Å². The highest BCUT2D eigenvalue weighted by Crippen LogP contribution is 2.21. The summed E-state index contributed by atoms with van der Waals surface area (Å²) in [4.78, 5) is 10.8. The molecule has 2 heterocycles. The molecular formula is C14H14N4. The van der Waals surface area contributed by atoms with Crippen molar-refractivity contribution >= 4 is 11.5 Å². The average molecular weight is 238 g/mol. The van der Waals surface area contributed by atoms with Crippen LogP contribution in [-0.4, -0.2) is 28.5 Å². The molecule has 0 saturated heterocycles. The zero-order chi connectivity index (χ0) is 12.5. The summed E-state index contributed by atoms with van der Waals surface area (Å²) in [6, 6.07) is 10.2. The minimum Gasteiger partial charge on any atom is -0.378 e. The van der Waals surface area contributed by atoms with Gasteiger partial charge in [-0.15, -0.1) is 0 Å². The first-order chi connectivity index (χ1) is 8.74. The van der Waals surface area contributed by atoms with E-state index in [-0.39, 0.29) is 0 Å². The lowest BCUT2D eigenvalue weighted by atomic mass is 10.1. The lowest BCUT2D eigenvalue weighted by Crippen LogP contribution is -2.07. The van der Waals surface area contributed by atoms with Gasteiger partial charge in [-0.25, -0.2) is 9.97 Å². The minimum atomic E-state index is 0.726. The van der Waals surface area contributed by atoms with Gasteiger partial charge < -0.3 is 4.90 Å². The number of hydrogen-bond donors (Lipinski definition) is 0. The molecule has 3 rings (SSSR count). The third-order valence-corrected chi connectivity index (χ3v) is 2.91. The number of nitrogens with zero attached hydrogens (tertiary/aromatic N) is 4. The van der Waals surface area contributed by atoms with Crippen LogP contribution in [0, 0.1) is 0 Å². The van der Waals surface area contributed by atoms with E-state index in [1.165, 1.54) is 5.69 Å². The second-order valence-corrected chi connectivity index (χ2v) is 4.39. The van der Waals surface area contributed by atoms with Crippen molar-refractivity contribution in [1.82, 2.24) is 14.4 Å². The number of aromatic nitrogens is 3. The Bertz CT molecular complexity index is 635. The van der Waals surface area contributed by atoms with Crippen LogP contribution in [0.2, 0.25) is 0 Å². The van der Waals surface area contributed by atoms with Gasteiger partial charge in [-0.05, 0) is 18.2 Å². The normalized spacial score (nSPS) is 10.8. The zero-order valence-electron chi connectivity index (χ0n) is 10.4. The van der Waals surface area contributed by atoms with Crippen molar-refractivity contribution < 1.29 is 0 Å². The smallest absolute Gasteiger partial charge is 0.234 e. The van der Waals surface area contributed by atoms with E-state index < -0.39 is 0 Å². The molecule has 0 aliphatic carbocycles. The maximum Gasteiger partial charge on any atom is 0.234 e. The standard InChI is InChI=1S/C14H14N4/c1-17(2)12-6-4-11(5-7-12)13-10-18-9-3-8-15-14(18)16-13/h3-10H,1-2H3. The van der Waals surface area contributed by atoms with E-state index in [0.717, 1.165) is 17.0 Å². The number of benzene rings is 1. The van der Waals surface area contributed by atoms with E-state index in [2.05, 4.69) is 39.1 Å². The molecule has 0 bridgehead atoms. The number of anilines is 1. The van der Waals surface area contributed by atoms with E-state index in [1.54, 1.807) is 6.20 Å². The molecule has 0 saturated carbocycles. The summed E-state index contributed by atoms with van der Waals surface area (Å²) < 4.78 is 1.93. The van der Waals surface area contributed by atoms with Crippen LogP contribution in [0.4, 0.5) is 5.69 Å². The second kappa shape index (κ2) is 4.14. The molecule has 0 fully saturated rings. The first-order valence-electron chi connectivity index (χ1n) is 5.81. The highest BCUT2D eigenvalue weighted by Gasteiger charge is 2.04. The van der Waals surface area contributed by atoms with Crippen molar-refractivity contribution in [3.63, 3.8) is 0 Å². The molecule has 0 aliphatic heterocycles. The van der Waals surface area contributed by atoms with Gasteiger partial charge in [0.25, 0.3) is 0 Å². The van der Waals surface area contributed by atoms with E-state index >= 15 is 0 Å². The van der Waals surface area contributed by atoms with Crippen molar-refractivity contribution in [3.05, 3.63) is 48.9 Å². The molecule has 0 spiro atoms. The van der Waals surface area contributed by atoms with Gasteiger partial charge in [-0.3, -0.25) is 4.40 Å².